The number of anilines is 1. The molecule has 7 nitrogen and oxygen atoms in total. The molecular formula is C24H28N6OS. The van der Waals surface area contributed by atoms with E-state index in [9.17, 15) is 0 Å². The van der Waals surface area contributed by atoms with E-state index in [1.165, 1.54) is 31.3 Å². The molecule has 0 unspecified atom stereocenters. The van der Waals surface area contributed by atoms with Crippen molar-refractivity contribution in [1.29, 1.82) is 0 Å². The molecule has 0 bridgehead atoms. The van der Waals surface area contributed by atoms with E-state index in [1.807, 2.05) is 25.2 Å². The molecule has 3 aromatic heterocycles. The third-order valence-corrected chi connectivity index (χ3v) is 7.62. The van der Waals surface area contributed by atoms with E-state index in [2.05, 4.69) is 28.1 Å². The SMILES string of the molecule is CN(C)c1nc2nc(C3=C[C@H](c4cnn(C5CC5)c4)OCC3)nc(C3=CCCCC3)c2s1. The maximum Gasteiger partial charge on any atom is 0.187 e. The van der Waals surface area contributed by atoms with E-state index in [0.717, 1.165) is 57.4 Å². The summed E-state index contributed by atoms with van der Waals surface area (Å²) in [6, 6.07) is 0.573. The van der Waals surface area contributed by atoms with Gasteiger partial charge in [0.15, 0.2) is 16.6 Å². The first-order valence-electron chi connectivity index (χ1n) is 11.6. The van der Waals surface area contributed by atoms with Gasteiger partial charge in [-0.15, -0.1) is 0 Å². The van der Waals surface area contributed by atoms with Crippen LogP contribution in [-0.4, -0.2) is 45.4 Å². The second kappa shape index (κ2) is 8.08. The van der Waals surface area contributed by atoms with Gasteiger partial charge in [0.1, 0.15) is 10.8 Å². The smallest absolute Gasteiger partial charge is 0.187 e. The second-order valence-corrected chi connectivity index (χ2v) is 10.1. The molecule has 1 atom stereocenters. The van der Waals surface area contributed by atoms with Gasteiger partial charge in [-0.3, -0.25) is 4.68 Å². The number of hydrogen-bond donors (Lipinski definition) is 0. The molecule has 2 aliphatic carbocycles. The largest absolute Gasteiger partial charge is 0.369 e. The number of hydrogen-bond acceptors (Lipinski definition) is 7. The highest BCUT2D eigenvalue weighted by Gasteiger charge is 2.27. The average Bonchev–Trinajstić information content (AvgIpc) is 3.38. The fraction of sp³-hybridized carbons (Fsp3) is 0.500. The predicted octanol–water partition coefficient (Wildman–Crippen LogP) is 5.19. The minimum Gasteiger partial charge on any atom is -0.369 e. The lowest BCUT2D eigenvalue weighted by molar-refractivity contribution is 0.0825. The van der Waals surface area contributed by atoms with Crippen molar-refractivity contribution in [2.75, 3.05) is 25.6 Å². The van der Waals surface area contributed by atoms with Crippen LogP contribution in [0.4, 0.5) is 5.13 Å². The van der Waals surface area contributed by atoms with Crippen LogP contribution in [0.15, 0.2) is 24.5 Å². The zero-order valence-corrected chi connectivity index (χ0v) is 19.4. The molecule has 1 saturated carbocycles. The molecule has 6 rings (SSSR count). The topological polar surface area (TPSA) is 69.0 Å². The molecule has 3 aromatic rings. The first-order valence-corrected chi connectivity index (χ1v) is 12.4. The monoisotopic (exact) mass is 448 g/mol. The predicted molar refractivity (Wildman–Crippen MR) is 128 cm³/mol. The van der Waals surface area contributed by atoms with Crippen molar-refractivity contribution in [1.82, 2.24) is 24.7 Å². The highest BCUT2D eigenvalue weighted by atomic mass is 32.1. The Kier molecular flexibility index (Phi) is 5.07. The summed E-state index contributed by atoms with van der Waals surface area (Å²) < 4.78 is 9.26. The summed E-state index contributed by atoms with van der Waals surface area (Å²) in [6.07, 6.45) is 16.4. The minimum atomic E-state index is -0.101. The van der Waals surface area contributed by atoms with Gasteiger partial charge in [-0.2, -0.15) is 10.1 Å². The molecule has 0 radical (unpaired) electrons. The molecule has 3 aliphatic rings. The van der Waals surface area contributed by atoms with E-state index in [4.69, 9.17) is 19.7 Å². The van der Waals surface area contributed by atoms with Gasteiger partial charge in [0.05, 0.1) is 24.5 Å². The highest BCUT2D eigenvalue weighted by Crippen LogP contribution is 2.38. The van der Waals surface area contributed by atoms with Crippen molar-refractivity contribution in [3.63, 3.8) is 0 Å². The molecule has 32 heavy (non-hydrogen) atoms. The van der Waals surface area contributed by atoms with Crippen LogP contribution in [0.1, 0.15) is 74.2 Å². The van der Waals surface area contributed by atoms with Gasteiger partial charge < -0.3 is 9.64 Å². The van der Waals surface area contributed by atoms with Crippen LogP contribution in [0.2, 0.25) is 0 Å². The van der Waals surface area contributed by atoms with Crippen molar-refractivity contribution >= 4 is 38.0 Å². The molecule has 4 heterocycles. The number of fused-ring (bicyclic) bond motifs is 1. The standard InChI is InChI=1S/C24H28N6OS/c1-29(2)24-28-23-21(32-24)20(15-6-4-3-5-7-15)26-22(27-23)16-10-11-31-19(12-16)17-13-25-30(14-17)18-8-9-18/h6,12-14,18-19H,3-5,7-11H2,1-2H3/t19-/m1/s1. The van der Waals surface area contributed by atoms with Crippen LogP contribution in [0, 0.1) is 0 Å². The molecule has 0 amide bonds. The Balaban J connectivity index is 1.41. The zero-order chi connectivity index (χ0) is 21.7. The van der Waals surface area contributed by atoms with Crippen molar-refractivity contribution < 1.29 is 4.74 Å². The normalized spacial score (nSPS) is 21.5. The fourth-order valence-electron chi connectivity index (χ4n) is 4.45. The summed E-state index contributed by atoms with van der Waals surface area (Å²) in [4.78, 5) is 16.9. The molecule has 0 saturated heterocycles. The lowest BCUT2D eigenvalue weighted by Crippen LogP contribution is -2.12. The number of ether oxygens (including phenoxy) is 1. The Bertz CT molecular complexity index is 1220. The minimum absolute atomic E-state index is 0.101. The van der Waals surface area contributed by atoms with E-state index >= 15 is 0 Å². The van der Waals surface area contributed by atoms with Crippen LogP contribution in [0.5, 0.6) is 0 Å². The average molecular weight is 449 g/mol. The summed E-state index contributed by atoms with van der Waals surface area (Å²) in [5.74, 6) is 0.789. The van der Waals surface area contributed by atoms with Gasteiger partial charge in [-0.05, 0) is 62.2 Å². The molecular weight excluding hydrogens is 420 g/mol. The number of nitrogens with zero attached hydrogens (tertiary/aromatic N) is 6. The van der Waals surface area contributed by atoms with Gasteiger partial charge in [0.2, 0.25) is 0 Å². The second-order valence-electron chi connectivity index (χ2n) is 9.13. The maximum absolute atomic E-state index is 6.08. The Hall–Kier alpha value is -2.58. The van der Waals surface area contributed by atoms with Gasteiger partial charge >= 0.3 is 0 Å². The lowest BCUT2D eigenvalue weighted by atomic mass is 9.96. The van der Waals surface area contributed by atoms with Crippen molar-refractivity contribution in [2.45, 2.75) is 57.1 Å². The van der Waals surface area contributed by atoms with Crippen LogP contribution in [0.25, 0.3) is 21.5 Å². The van der Waals surface area contributed by atoms with E-state index in [0.29, 0.717) is 12.6 Å². The summed E-state index contributed by atoms with van der Waals surface area (Å²) in [5.41, 5.74) is 5.46. The molecule has 0 spiro atoms. The Morgan fingerprint density at radius 2 is 2.00 bits per heavy atom. The molecule has 0 N–H and O–H groups in total. The summed E-state index contributed by atoms with van der Waals surface area (Å²) >= 11 is 1.68. The van der Waals surface area contributed by atoms with Crippen LogP contribution >= 0.6 is 11.3 Å². The van der Waals surface area contributed by atoms with Gasteiger partial charge in [0.25, 0.3) is 0 Å². The lowest BCUT2D eigenvalue weighted by Gasteiger charge is -2.21. The van der Waals surface area contributed by atoms with Crippen molar-refractivity contribution in [3.8, 4) is 0 Å². The fourth-order valence-corrected chi connectivity index (χ4v) is 5.40. The highest BCUT2D eigenvalue weighted by molar-refractivity contribution is 7.22. The van der Waals surface area contributed by atoms with E-state index in [1.54, 1.807) is 11.3 Å². The molecule has 166 valence electrons. The summed E-state index contributed by atoms with van der Waals surface area (Å²) in [6.45, 7) is 0.657. The molecule has 1 aliphatic heterocycles. The molecule has 1 fully saturated rings. The summed E-state index contributed by atoms with van der Waals surface area (Å²) in [7, 11) is 4.05. The van der Waals surface area contributed by atoms with Crippen molar-refractivity contribution in [3.05, 3.63) is 41.6 Å². The van der Waals surface area contributed by atoms with Crippen LogP contribution < -0.4 is 4.90 Å². The molecule has 8 heteroatoms. The van der Waals surface area contributed by atoms with Crippen molar-refractivity contribution in [2.24, 2.45) is 0 Å². The first-order chi connectivity index (χ1) is 15.7. The number of aromatic nitrogens is 5. The first kappa shape index (κ1) is 20.1. The zero-order valence-electron chi connectivity index (χ0n) is 18.6. The maximum atomic E-state index is 6.08. The summed E-state index contributed by atoms with van der Waals surface area (Å²) in [5, 5.41) is 5.51. The Labute approximate surface area is 191 Å². The van der Waals surface area contributed by atoms with E-state index < -0.39 is 0 Å². The Morgan fingerprint density at radius 1 is 1.09 bits per heavy atom. The number of rotatable bonds is 5. The quantitative estimate of drug-likeness (QED) is 0.535. The Morgan fingerprint density at radius 3 is 2.78 bits per heavy atom. The number of allylic oxidation sites excluding steroid dienone is 2. The van der Waals surface area contributed by atoms with Gasteiger partial charge in [-0.1, -0.05) is 17.4 Å². The third-order valence-electron chi connectivity index (χ3n) is 6.40. The van der Waals surface area contributed by atoms with Gasteiger partial charge in [-0.25, -0.2) is 9.97 Å². The molecule has 0 aromatic carbocycles. The van der Waals surface area contributed by atoms with E-state index in [-0.39, 0.29) is 6.10 Å². The van der Waals surface area contributed by atoms with Crippen LogP contribution in [-0.2, 0) is 4.74 Å². The number of thiazole rings is 1. The third kappa shape index (κ3) is 3.75. The van der Waals surface area contributed by atoms with Gasteiger partial charge in [0, 0.05) is 25.9 Å². The van der Waals surface area contributed by atoms with Crippen LogP contribution in [0.3, 0.4) is 0 Å².